The Balaban J connectivity index is 1.86. The van der Waals surface area contributed by atoms with Crippen LogP contribution in [0.2, 0.25) is 0 Å². The molecular formula is C17H17N3. The maximum absolute atomic E-state index is 4.85. The number of H-pyrrole nitrogens is 1. The Morgan fingerprint density at radius 3 is 2.90 bits per heavy atom. The minimum atomic E-state index is 0.360. The Labute approximate surface area is 118 Å². The lowest BCUT2D eigenvalue weighted by molar-refractivity contribution is 0.686. The van der Waals surface area contributed by atoms with Crippen molar-refractivity contribution in [2.24, 2.45) is 0 Å². The molecule has 0 saturated carbocycles. The zero-order valence-corrected chi connectivity index (χ0v) is 11.5. The summed E-state index contributed by atoms with van der Waals surface area (Å²) in [6.45, 7) is 3.11. The summed E-state index contributed by atoms with van der Waals surface area (Å²) < 4.78 is 0. The number of aromatic nitrogens is 2. The Morgan fingerprint density at radius 2 is 2.00 bits per heavy atom. The molecule has 1 unspecified atom stereocenters. The Kier molecular flexibility index (Phi) is 2.52. The first kappa shape index (κ1) is 11.5. The number of rotatable bonds is 1. The molecule has 0 fully saturated rings. The molecule has 2 N–H and O–H groups in total. The second-order valence-electron chi connectivity index (χ2n) is 5.45. The molecule has 100 valence electrons. The third-order valence-corrected chi connectivity index (χ3v) is 4.15. The minimum absolute atomic E-state index is 0.360. The number of nitrogens with zero attached hydrogens (tertiary/aromatic N) is 1. The maximum Gasteiger partial charge on any atom is 0.114 e. The van der Waals surface area contributed by atoms with E-state index in [-0.39, 0.29) is 0 Å². The van der Waals surface area contributed by atoms with Crippen LogP contribution in [0.5, 0.6) is 0 Å². The number of anilines is 1. The van der Waals surface area contributed by atoms with E-state index >= 15 is 0 Å². The summed E-state index contributed by atoms with van der Waals surface area (Å²) in [7, 11) is 0. The van der Waals surface area contributed by atoms with Crippen molar-refractivity contribution in [3.05, 3.63) is 59.4 Å². The molecule has 20 heavy (non-hydrogen) atoms. The highest BCUT2D eigenvalue weighted by molar-refractivity contribution is 5.78. The Morgan fingerprint density at radius 1 is 1.10 bits per heavy atom. The van der Waals surface area contributed by atoms with Crippen LogP contribution in [0, 0.1) is 6.92 Å². The number of aromatic amines is 1. The fourth-order valence-corrected chi connectivity index (χ4v) is 3.11. The number of fused-ring (bicyclic) bond motifs is 2. The van der Waals surface area contributed by atoms with Crippen LogP contribution in [0.1, 0.15) is 29.3 Å². The molecule has 0 spiro atoms. The van der Waals surface area contributed by atoms with Crippen molar-refractivity contribution in [1.82, 2.24) is 9.97 Å². The molecule has 0 amide bonds. The summed E-state index contributed by atoms with van der Waals surface area (Å²) >= 11 is 0. The quantitative estimate of drug-likeness (QED) is 0.700. The predicted molar refractivity (Wildman–Crippen MR) is 82.2 cm³/mol. The van der Waals surface area contributed by atoms with Gasteiger partial charge in [0.05, 0.1) is 11.0 Å². The van der Waals surface area contributed by atoms with Crippen LogP contribution in [0.15, 0.2) is 42.5 Å². The van der Waals surface area contributed by atoms with E-state index in [1.165, 1.54) is 16.8 Å². The standard InChI is InChI=1S/C17H17N3/c1-11-5-4-8-15-16(11)20-17(19-15)13-9-10-18-14-7-3-2-6-12(13)14/h2-8,13,18H,9-10H2,1H3,(H,19,20). The normalized spacial score (nSPS) is 17.8. The highest BCUT2D eigenvalue weighted by atomic mass is 15.0. The van der Waals surface area contributed by atoms with Gasteiger partial charge in [-0.1, -0.05) is 30.3 Å². The molecule has 0 radical (unpaired) electrons. The second kappa shape index (κ2) is 4.37. The maximum atomic E-state index is 4.85. The van der Waals surface area contributed by atoms with Gasteiger partial charge in [-0.3, -0.25) is 0 Å². The number of nitrogens with one attached hydrogen (secondary N) is 2. The van der Waals surface area contributed by atoms with Gasteiger partial charge in [0, 0.05) is 18.2 Å². The van der Waals surface area contributed by atoms with Crippen LogP contribution in [-0.2, 0) is 0 Å². The highest BCUT2D eigenvalue weighted by Crippen LogP contribution is 2.35. The molecule has 1 aliphatic rings. The molecule has 3 aromatic rings. The smallest absolute Gasteiger partial charge is 0.114 e. The third-order valence-electron chi connectivity index (χ3n) is 4.15. The highest BCUT2D eigenvalue weighted by Gasteiger charge is 2.24. The summed E-state index contributed by atoms with van der Waals surface area (Å²) in [6, 6.07) is 14.8. The largest absolute Gasteiger partial charge is 0.385 e. The molecule has 2 heterocycles. The van der Waals surface area contributed by atoms with E-state index in [0.717, 1.165) is 29.8 Å². The zero-order valence-electron chi connectivity index (χ0n) is 11.5. The van der Waals surface area contributed by atoms with Crippen molar-refractivity contribution in [2.75, 3.05) is 11.9 Å². The average Bonchev–Trinajstić information content (AvgIpc) is 2.92. The van der Waals surface area contributed by atoms with Gasteiger partial charge in [-0.15, -0.1) is 0 Å². The summed E-state index contributed by atoms with van der Waals surface area (Å²) in [5.41, 5.74) is 6.04. The lowest BCUT2D eigenvalue weighted by Gasteiger charge is -2.25. The van der Waals surface area contributed by atoms with Gasteiger partial charge in [0.1, 0.15) is 5.82 Å². The fourth-order valence-electron chi connectivity index (χ4n) is 3.11. The van der Waals surface area contributed by atoms with Crippen molar-refractivity contribution < 1.29 is 0 Å². The first-order valence-electron chi connectivity index (χ1n) is 7.11. The van der Waals surface area contributed by atoms with Crippen molar-refractivity contribution in [1.29, 1.82) is 0 Å². The van der Waals surface area contributed by atoms with E-state index < -0.39 is 0 Å². The van der Waals surface area contributed by atoms with Crippen LogP contribution >= 0.6 is 0 Å². The first-order valence-corrected chi connectivity index (χ1v) is 7.11. The van der Waals surface area contributed by atoms with Crippen molar-refractivity contribution in [3.8, 4) is 0 Å². The summed E-state index contributed by atoms with van der Waals surface area (Å²) in [6.07, 6.45) is 1.08. The van der Waals surface area contributed by atoms with E-state index in [0.29, 0.717) is 5.92 Å². The van der Waals surface area contributed by atoms with Crippen LogP contribution in [0.4, 0.5) is 5.69 Å². The summed E-state index contributed by atoms with van der Waals surface area (Å²) in [4.78, 5) is 8.36. The number of aryl methyl sites for hydroxylation is 1. The molecule has 1 atom stereocenters. The van der Waals surface area contributed by atoms with Crippen LogP contribution in [-0.4, -0.2) is 16.5 Å². The molecule has 0 saturated heterocycles. The van der Waals surface area contributed by atoms with E-state index in [2.05, 4.69) is 59.7 Å². The molecular weight excluding hydrogens is 246 g/mol. The van der Waals surface area contributed by atoms with Gasteiger partial charge < -0.3 is 10.3 Å². The van der Waals surface area contributed by atoms with E-state index in [9.17, 15) is 0 Å². The monoisotopic (exact) mass is 263 g/mol. The van der Waals surface area contributed by atoms with Crippen molar-refractivity contribution in [2.45, 2.75) is 19.3 Å². The van der Waals surface area contributed by atoms with E-state index in [1.54, 1.807) is 0 Å². The molecule has 0 aliphatic carbocycles. The summed E-state index contributed by atoms with van der Waals surface area (Å²) in [5, 5.41) is 3.47. The molecule has 1 aromatic heterocycles. The molecule has 1 aliphatic heterocycles. The van der Waals surface area contributed by atoms with Crippen LogP contribution in [0.25, 0.3) is 11.0 Å². The van der Waals surface area contributed by atoms with Crippen molar-refractivity contribution >= 4 is 16.7 Å². The van der Waals surface area contributed by atoms with Crippen LogP contribution < -0.4 is 5.32 Å². The number of imidazole rings is 1. The third kappa shape index (κ3) is 1.70. The van der Waals surface area contributed by atoms with Gasteiger partial charge in [-0.25, -0.2) is 4.98 Å². The van der Waals surface area contributed by atoms with E-state index in [1.807, 2.05) is 0 Å². The fraction of sp³-hybridized carbons (Fsp3) is 0.235. The van der Waals surface area contributed by atoms with Crippen molar-refractivity contribution in [3.63, 3.8) is 0 Å². The second-order valence-corrected chi connectivity index (χ2v) is 5.45. The van der Waals surface area contributed by atoms with Gasteiger partial charge >= 0.3 is 0 Å². The number of benzene rings is 2. The average molecular weight is 263 g/mol. The predicted octanol–water partition coefficient (Wildman–Crippen LogP) is 3.82. The molecule has 3 nitrogen and oxygen atoms in total. The topological polar surface area (TPSA) is 40.7 Å². The van der Waals surface area contributed by atoms with Gasteiger partial charge in [0.2, 0.25) is 0 Å². The lowest BCUT2D eigenvalue weighted by Crippen LogP contribution is -2.18. The number of hydrogen-bond acceptors (Lipinski definition) is 2. The van der Waals surface area contributed by atoms with Crippen LogP contribution in [0.3, 0.4) is 0 Å². The number of para-hydroxylation sites is 2. The lowest BCUT2D eigenvalue weighted by atomic mass is 9.90. The van der Waals surface area contributed by atoms with Gasteiger partial charge in [-0.2, -0.15) is 0 Å². The minimum Gasteiger partial charge on any atom is -0.385 e. The summed E-state index contributed by atoms with van der Waals surface area (Å²) in [5.74, 6) is 1.45. The molecule has 4 rings (SSSR count). The van der Waals surface area contributed by atoms with Gasteiger partial charge in [-0.05, 0) is 36.6 Å². The molecule has 3 heteroatoms. The molecule has 2 aromatic carbocycles. The van der Waals surface area contributed by atoms with Gasteiger partial charge in [0.15, 0.2) is 0 Å². The van der Waals surface area contributed by atoms with Gasteiger partial charge in [0.25, 0.3) is 0 Å². The van der Waals surface area contributed by atoms with E-state index in [4.69, 9.17) is 4.98 Å². The number of hydrogen-bond donors (Lipinski definition) is 2. The molecule has 0 bridgehead atoms. The Hall–Kier alpha value is -2.29. The Bertz CT molecular complexity index is 773. The zero-order chi connectivity index (χ0) is 13.5. The SMILES string of the molecule is Cc1cccc2[nH]c(C3CCNc4ccccc43)nc12. The first-order chi connectivity index (χ1) is 9.83.